The summed E-state index contributed by atoms with van der Waals surface area (Å²) in [7, 11) is -3.13. The largest absolute Gasteiger partial charge is 0.308 e. The van der Waals surface area contributed by atoms with Crippen molar-refractivity contribution in [3.63, 3.8) is 0 Å². The van der Waals surface area contributed by atoms with Gasteiger partial charge in [-0.15, -0.1) is 0 Å². The molecule has 1 amide bonds. The molecule has 1 unspecified atom stereocenters. The summed E-state index contributed by atoms with van der Waals surface area (Å²) in [6.07, 6.45) is 0.454. The van der Waals surface area contributed by atoms with Crippen LogP contribution in [-0.4, -0.2) is 47.2 Å². The van der Waals surface area contributed by atoms with Crippen LogP contribution in [0.5, 0.6) is 0 Å². The van der Waals surface area contributed by atoms with E-state index in [4.69, 9.17) is 4.98 Å². The SMILES string of the molecule is Cc1ccc(-n2c(SCC(=O)N(c3ccccc3)C3CCS(=O)(=O)C3)nc3ccccc32)cc1. The third-order valence-electron chi connectivity index (χ3n) is 6.02. The molecule has 34 heavy (non-hydrogen) atoms. The highest BCUT2D eigenvalue weighted by atomic mass is 32.2. The monoisotopic (exact) mass is 491 g/mol. The number of nitrogens with zero attached hydrogens (tertiary/aromatic N) is 3. The van der Waals surface area contributed by atoms with E-state index in [1.54, 1.807) is 4.90 Å². The van der Waals surface area contributed by atoms with E-state index < -0.39 is 9.84 Å². The van der Waals surface area contributed by atoms with Crippen LogP contribution in [0.3, 0.4) is 0 Å². The number of imidazole rings is 1. The van der Waals surface area contributed by atoms with Gasteiger partial charge in [-0.1, -0.05) is 59.8 Å². The smallest absolute Gasteiger partial charge is 0.237 e. The number of sulfone groups is 1. The standard InChI is InChI=1S/C26H25N3O3S2/c1-19-11-13-21(14-12-19)29-24-10-6-5-9-23(24)27-26(29)33-17-25(30)28(20-7-3-2-4-8-20)22-15-16-34(31,32)18-22/h2-14,22H,15-18H2,1H3. The van der Waals surface area contributed by atoms with Crippen LogP contribution in [0.4, 0.5) is 5.69 Å². The molecule has 0 bridgehead atoms. The summed E-state index contributed by atoms with van der Waals surface area (Å²) in [5.41, 5.74) is 4.71. The Hall–Kier alpha value is -3.10. The first-order chi connectivity index (χ1) is 16.4. The zero-order valence-electron chi connectivity index (χ0n) is 18.8. The lowest BCUT2D eigenvalue weighted by Crippen LogP contribution is -2.42. The minimum Gasteiger partial charge on any atom is -0.308 e. The van der Waals surface area contributed by atoms with Crippen molar-refractivity contribution in [3.8, 4) is 5.69 Å². The van der Waals surface area contributed by atoms with Crippen molar-refractivity contribution < 1.29 is 13.2 Å². The molecule has 8 heteroatoms. The predicted molar refractivity (Wildman–Crippen MR) is 138 cm³/mol. The summed E-state index contributed by atoms with van der Waals surface area (Å²) in [4.78, 5) is 20.0. The third kappa shape index (κ3) is 4.60. The number of aromatic nitrogens is 2. The molecule has 3 aromatic carbocycles. The highest BCUT2D eigenvalue weighted by molar-refractivity contribution is 7.99. The summed E-state index contributed by atoms with van der Waals surface area (Å²) in [6, 6.07) is 25.1. The van der Waals surface area contributed by atoms with Crippen LogP contribution in [-0.2, 0) is 14.6 Å². The zero-order chi connectivity index (χ0) is 23.7. The molecule has 1 fully saturated rings. The molecule has 0 spiro atoms. The Kier molecular flexibility index (Phi) is 6.18. The number of hydrogen-bond acceptors (Lipinski definition) is 5. The van der Waals surface area contributed by atoms with Gasteiger partial charge < -0.3 is 4.90 Å². The Balaban J connectivity index is 1.45. The van der Waals surface area contributed by atoms with Crippen LogP contribution in [0.2, 0.25) is 0 Å². The maximum absolute atomic E-state index is 13.5. The quantitative estimate of drug-likeness (QED) is 0.367. The second kappa shape index (κ2) is 9.27. The molecular formula is C26H25N3O3S2. The van der Waals surface area contributed by atoms with Gasteiger partial charge in [-0.05, 0) is 49.7 Å². The summed E-state index contributed by atoms with van der Waals surface area (Å²) in [6.45, 7) is 2.05. The molecule has 0 saturated carbocycles. The Morgan fingerprint density at radius 1 is 1.03 bits per heavy atom. The van der Waals surface area contributed by atoms with Gasteiger partial charge in [0.15, 0.2) is 15.0 Å². The third-order valence-corrected chi connectivity index (χ3v) is 8.70. The van der Waals surface area contributed by atoms with Gasteiger partial charge in [0.25, 0.3) is 0 Å². The summed E-state index contributed by atoms with van der Waals surface area (Å²) in [5.74, 6) is 0.145. The van der Waals surface area contributed by atoms with E-state index in [0.29, 0.717) is 6.42 Å². The number of amides is 1. The maximum atomic E-state index is 13.5. The fraction of sp³-hybridized carbons (Fsp3) is 0.231. The fourth-order valence-corrected chi connectivity index (χ4v) is 6.95. The van der Waals surface area contributed by atoms with Crippen LogP contribution in [0.15, 0.2) is 84.0 Å². The number of carbonyl (C=O) groups is 1. The zero-order valence-corrected chi connectivity index (χ0v) is 20.4. The lowest BCUT2D eigenvalue weighted by atomic mass is 10.2. The van der Waals surface area contributed by atoms with Gasteiger partial charge >= 0.3 is 0 Å². The van der Waals surface area contributed by atoms with Crippen LogP contribution < -0.4 is 4.90 Å². The van der Waals surface area contributed by atoms with Gasteiger partial charge in [0.1, 0.15) is 0 Å². The highest BCUT2D eigenvalue weighted by Gasteiger charge is 2.35. The van der Waals surface area contributed by atoms with Crippen LogP contribution in [0, 0.1) is 6.92 Å². The van der Waals surface area contributed by atoms with E-state index in [-0.39, 0.29) is 29.2 Å². The molecule has 0 radical (unpaired) electrons. The van der Waals surface area contributed by atoms with E-state index >= 15 is 0 Å². The molecule has 1 aromatic heterocycles. The summed E-state index contributed by atoms with van der Waals surface area (Å²) in [5, 5.41) is 0.727. The number of fused-ring (bicyclic) bond motifs is 1. The van der Waals surface area contributed by atoms with Crippen molar-refractivity contribution in [2.75, 3.05) is 22.2 Å². The minimum absolute atomic E-state index is 0.000179. The lowest BCUT2D eigenvalue weighted by Gasteiger charge is -2.28. The summed E-state index contributed by atoms with van der Waals surface area (Å²) >= 11 is 1.37. The van der Waals surface area contributed by atoms with E-state index in [1.807, 2.05) is 61.5 Å². The number of anilines is 1. The average molecular weight is 492 g/mol. The average Bonchev–Trinajstić information content (AvgIpc) is 3.38. The van der Waals surface area contributed by atoms with Gasteiger partial charge in [0, 0.05) is 11.4 Å². The number of thioether (sulfide) groups is 1. The molecule has 174 valence electrons. The Morgan fingerprint density at radius 3 is 2.44 bits per heavy atom. The molecular weight excluding hydrogens is 466 g/mol. The molecule has 4 aromatic rings. The number of carbonyl (C=O) groups excluding carboxylic acids is 1. The van der Waals surface area contributed by atoms with Gasteiger partial charge in [0.2, 0.25) is 5.91 Å². The van der Waals surface area contributed by atoms with E-state index in [2.05, 4.69) is 28.8 Å². The molecule has 0 aliphatic carbocycles. The lowest BCUT2D eigenvalue weighted by molar-refractivity contribution is -0.116. The Labute approximate surface area is 203 Å². The van der Waals surface area contributed by atoms with Crippen molar-refractivity contribution in [2.45, 2.75) is 24.5 Å². The summed E-state index contributed by atoms with van der Waals surface area (Å²) < 4.78 is 26.4. The number of hydrogen-bond donors (Lipinski definition) is 0. The van der Waals surface area contributed by atoms with E-state index in [1.165, 1.54) is 17.3 Å². The predicted octanol–water partition coefficient (Wildman–Crippen LogP) is 4.65. The highest BCUT2D eigenvalue weighted by Crippen LogP contribution is 2.30. The first-order valence-electron chi connectivity index (χ1n) is 11.2. The Bertz CT molecular complexity index is 1430. The van der Waals surface area contributed by atoms with Crippen molar-refractivity contribution in [2.24, 2.45) is 0 Å². The van der Waals surface area contributed by atoms with Gasteiger partial charge in [0.05, 0.1) is 34.3 Å². The molecule has 2 heterocycles. The molecule has 1 saturated heterocycles. The number of para-hydroxylation sites is 3. The van der Waals surface area contributed by atoms with Crippen molar-refractivity contribution in [1.82, 2.24) is 9.55 Å². The molecule has 6 nitrogen and oxygen atoms in total. The van der Waals surface area contributed by atoms with Crippen molar-refractivity contribution >= 4 is 44.2 Å². The normalized spacial score (nSPS) is 17.1. The van der Waals surface area contributed by atoms with Crippen molar-refractivity contribution in [3.05, 3.63) is 84.4 Å². The van der Waals surface area contributed by atoms with Crippen molar-refractivity contribution in [1.29, 1.82) is 0 Å². The topological polar surface area (TPSA) is 72.3 Å². The fourth-order valence-electron chi connectivity index (χ4n) is 4.37. The first kappa shape index (κ1) is 22.7. The second-order valence-corrected chi connectivity index (χ2v) is 11.7. The molecule has 1 aliphatic rings. The van der Waals surface area contributed by atoms with Gasteiger partial charge in [-0.2, -0.15) is 0 Å². The molecule has 5 rings (SSSR count). The van der Waals surface area contributed by atoms with Gasteiger partial charge in [-0.3, -0.25) is 9.36 Å². The first-order valence-corrected chi connectivity index (χ1v) is 14.0. The number of rotatable bonds is 6. The van der Waals surface area contributed by atoms with Crippen LogP contribution >= 0.6 is 11.8 Å². The minimum atomic E-state index is -3.13. The van der Waals surface area contributed by atoms with Crippen LogP contribution in [0.1, 0.15) is 12.0 Å². The van der Waals surface area contributed by atoms with E-state index in [9.17, 15) is 13.2 Å². The van der Waals surface area contributed by atoms with E-state index in [0.717, 1.165) is 27.6 Å². The molecule has 0 N–H and O–H groups in total. The van der Waals surface area contributed by atoms with Crippen LogP contribution in [0.25, 0.3) is 16.7 Å². The second-order valence-electron chi connectivity index (χ2n) is 8.50. The van der Waals surface area contributed by atoms with Gasteiger partial charge in [-0.25, -0.2) is 13.4 Å². The number of benzene rings is 3. The molecule has 1 atom stereocenters. The molecule has 1 aliphatic heterocycles. The number of aryl methyl sites for hydroxylation is 1. The Morgan fingerprint density at radius 2 is 1.74 bits per heavy atom. The maximum Gasteiger partial charge on any atom is 0.237 e.